The average molecular weight is 1380 g/mol. The molecular weight excluding hydrogens is 1230 g/mol. The first kappa shape index (κ1) is 92.1. The SMILES string of the molecule is CC(C)CCCCCCCCCCCCCCCCCC(=O)OC[C@H](COP(=O)(O)OCC(O)COP(=O)(O)OC[C@@H](COC(=O)CCCCCCCCC(C)C)OC(=O)CCCCCCCCCCCCCCCCCC(C)C)OC(=O)CCCCCCCCC(C)C. The number of phosphoric ester groups is 2. The fourth-order valence-corrected chi connectivity index (χ4v) is 13.0. The van der Waals surface area contributed by atoms with Gasteiger partial charge in [-0.15, -0.1) is 0 Å². The van der Waals surface area contributed by atoms with E-state index in [4.69, 9.17) is 37.0 Å². The van der Waals surface area contributed by atoms with Gasteiger partial charge >= 0.3 is 39.5 Å². The first-order valence-corrected chi connectivity index (χ1v) is 41.7. The number of hydrogen-bond donors (Lipinski definition) is 3. The number of carbonyl (C=O) groups is 4. The fraction of sp³-hybridized carbons (Fsp3) is 0.947. The predicted molar refractivity (Wildman–Crippen MR) is 381 cm³/mol. The minimum absolute atomic E-state index is 0.102. The molecule has 17 nitrogen and oxygen atoms in total. The number of aliphatic hydroxyl groups excluding tert-OH is 1. The number of rotatable bonds is 72. The van der Waals surface area contributed by atoms with Gasteiger partial charge in [-0.05, 0) is 49.4 Å². The van der Waals surface area contributed by atoms with E-state index in [0.717, 1.165) is 108 Å². The molecular formula is C75H146O17P2. The summed E-state index contributed by atoms with van der Waals surface area (Å²) >= 11 is 0. The molecule has 0 aliphatic rings. The van der Waals surface area contributed by atoms with Gasteiger partial charge < -0.3 is 33.8 Å². The van der Waals surface area contributed by atoms with Crippen molar-refractivity contribution in [3.05, 3.63) is 0 Å². The number of ether oxygens (including phenoxy) is 4. The number of aliphatic hydroxyl groups is 1. The second-order valence-corrected chi connectivity index (χ2v) is 31.9. The van der Waals surface area contributed by atoms with Crippen LogP contribution in [0, 0.1) is 23.7 Å². The maximum atomic E-state index is 13.0. The Bertz CT molecular complexity index is 1850. The molecule has 0 rings (SSSR count). The summed E-state index contributed by atoms with van der Waals surface area (Å²) in [5.74, 6) is 0.829. The highest BCUT2D eigenvalue weighted by Crippen LogP contribution is 2.45. The van der Waals surface area contributed by atoms with E-state index in [1.165, 1.54) is 173 Å². The van der Waals surface area contributed by atoms with E-state index in [1.807, 2.05) is 0 Å². The van der Waals surface area contributed by atoms with Crippen molar-refractivity contribution in [1.29, 1.82) is 0 Å². The number of unbranched alkanes of at least 4 members (excludes halogenated alkanes) is 38. The van der Waals surface area contributed by atoms with Gasteiger partial charge in [-0.2, -0.15) is 0 Å². The number of phosphoric acid groups is 2. The molecule has 94 heavy (non-hydrogen) atoms. The summed E-state index contributed by atoms with van der Waals surface area (Å²) in [6.45, 7) is 14.1. The lowest BCUT2D eigenvalue weighted by Crippen LogP contribution is -2.30. The molecule has 5 atom stereocenters. The molecule has 0 saturated carbocycles. The minimum atomic E-state index is -4.95. The van der Waals surface area contributed by atoms with Crippen molar-refractivity contribution in [2.24, 2.45) is 23.7 Å². The monoisotopic (exact) mass is 1380 g/mol. The Morgan fingerprint density at radius 2 is 0.447 bits per heavy atom. The van der Waals surface area contributed by atoms with Crippen LogP contribution in [0.15, 0.2) is 0 Å². The zero-order chi connectivity index (χ0) is 69.6. The predicted octanol–water partition coefficient (Wildman–Crippen LogP) is 21.7. The van der Waals surface area contributed by atoms with Crippen molar-refractivity contribution < 1.29 is 80.2 Å². The molecule has 0 aromatic carbocycles. The van der Waals surface area contributed by atoms with Crippen LogP contribution in [0.4, 0.5) is 0 Å². The second kappa shape index (κ2) is 64.4. The van der Waals surface area contributed by atoms with Gasteiger partial charge in [0.1, 0.15) is 19.3 Å². The van der Waals surface area contributed by atoms with Crippen LogP contribution in [-0.2, 0) is 65.4 Å². The zero-order valence-electron chi connectivity index (χ0n) is 61.6. The third kappa shape index (κ3) is 68.6. The van der Waals surface area contributed by atoms with E-state index in [2.05, 4.69) is 55.4 Å². The number of carbonyl (C=O) groups excluding carboxylic acids is 4. The van der Waals surface area contributed by atoms with Crippen LogP contribution in [0.1, 0.15) is 376 Å². The van der Waals surface area contributed by atoms with Crippen LogP contribution in [-0.4, -0.2) is 96.7 Å². The van der Waals surface area contributed by atoms with E-state index in [0.29, 0.717) is 37.5 Å². The van der Waals surface area contributed by atoms with Gasteiger partial charge in [0.25, 0.3) is 0 Å². The highest BCUT2D eigenvalue weighted by Gasteiger charge is 2.30. The number of esters is 4. The molecule has 3 N–H and O–H groups in total. The first-order valence-electron chi connectivity index (χ1n) is 38.7. The minimum Gasteiger partial charge on any atom is -0.462 e. The van der Waals surface area contributed by atoms with Crippen molar-refractivity contribution >= 4 is 39.5 Å². The molecule has 0 aliphatic heterocycles. The topological polar surface area (TPSA) is 237 Å². The van der Waals surface area contributed by atoms with Crippen molar-refractivity contribution in [3.63, 3.8) is 0 Å². The van der Waals surface area contributed by atoms with Crippen LogP contribution in [0.3, 0.4) is 0 Å². The Hall–Kier alpha value is -1.94. The molecule has 0 aromatic heterocycles. The summed E-state index contributed by atoms with van der Waals surface area (Å²) < 4.78 is 68.4. The summed E-state index contributed by atoms with van der Waals surface area (Å²) in [4.78, 5) is 72.6. The van der Waals surface area contributed by atoms with E-state index < -0.39 is 97.5 Å². The lowest BCUT2D eigenvalue weighted by atomic mass is 10.0. The van der Waals surface area contributed by atoms with Crippen LogP contribution >= 0.6 is 15.6 Å². The van der Waals surface area contributed by atoms with Gasteiger partial charge in [0, 0.05) is 25.7 Å². The van der Waals surface area contributed by atoms with Crippen molar-refractivity contribution in [2.75, 3.05) is 39.6 Å². The van der Waals surface area contributed by atoms with Gasteiger partial charge in [-0.1, -0.05) is 325 Å². The Balaban J connectivity index is 5.14. The van der Waals surface area contributed by atoms with Gasteiger partial charge in [0.15, 0.2) is 12.2 Å². The lowest BCUT2D eigenvalue weighted by Gasteiger charge is -2.21. The summed E-state index contributed by atoms with van der Waals surface area (Å²) in [5, 5.41) is 10.6. The molecule has 0 fully saturated rings. The third-order valence-corrected chi connectivity index (χ3v) is 19.2. The summed E-state index contributed by atoms with van der Waals surface area (Å²) in [5.41, 5.74) is 0. The maximum Gasteiger partial charge on any atom is 0.472 e. The van der Waals surface area contributed by atoms with E-state index >= 15 is 0 Å². The molecule has 0 bridgehead atoms. The molecule has 0 spiro atoms. The molecule has 0 saturated heterocycles. The van der Waals surface area contributed by atoms with Crippen LogP contribution in [0.25, 0.3) is 0 Å². The number of hydrogen-bond acceptors (Lipinski definition) is 15. The Morgan fingerprint density at radius 1 is 0.266 bits per heavy atom. The standard InChI is InChI=1S/C75H146O17P2/c1-65(2)51-43-35-27-23-19-15-11-9-13-17-21-25-29-39-47-55-72(77)85-61-71(92-75(80)58-50-42-34-32-38-46-54-68(7)8)64-90-94(83,84)88-60-69(76)59-87-93(81,82)89-63-70(62-86-73(78)56-48-40-33-31-37-45-53-67(5)6)91-74(79)57-49-41-30-26-22-18-14-10-12-16-20-24-28-36-44-52-66(3)4/h65-71,76H,9-64H2,1-8H3,(H,81,82)(H,83,84)/t69?,70-,71-/m1/s1. The van der Waals surface area contributed by atoms with E-state index in [9.17, 15) is 43.2 Å². The normalized spacial score (nSPS) is 14.2. The Kier molecular flexibility index (Phi) is 63.1. The van der Waals surface area contributed by atoms with Crippen molar-refractivity contribution in [1.82, 2.24) is 0 Å². The summed E-state index contributed by atoms with van der Waals surface area (Å²) in [6.07, 6.45) is 49.0. The molecule has 3 unspecified atom stereocenters. The van der Waals surface area contributed by atoms with Crippen LogP contribution < -0.4 is 0 Å². The van der Waals surface area contributed by atoms with Crippen molar-refractivity contribution in [2.45, 2.75) is 395 Å². The highest BCUT2D eigenvalue weighted by atomic mass is 31.2. The van der Waals surface area contributed by atoms with Gasteiger partial charge in [-0.25, -0.2) is 9.13 Å². The lowest BCUT2D eigenvalue weighted by molar-refractivity contribution is -0.161. The summed E-state index contributed by atoms with van der Waals surface area (Å²) in [6, 6.07) is 0. The molecule has 0 amide bonds. The first-order chi connectivity index (χ1) is 45.1. The van der Waals surface area contributed by atoms with Crippen LogP contribution in [0.2, 0.25) is 0 Å². The van der Waals surface area contributed by atoms with E-state index in [1.54, 1.807) is 0 Å². The van der Waals surface area contributed by atoms with Gasteiger partial charge in [0.05, 0.1) is 26.4 Å². The molecule has 558 valence electrons. The maximum absolute atomic E-state index is 13.0. The Morgan fingerprint density at radius 3 is 0.660 bits per heavy atom. The second-order valence-electron chi connectivity index (χ2n) is 28.9. The third-order valence-electron chi connectivity index (χ3n) is 17.3. The largest absolute Gasteiger partial charge is 0.472 e. The molecule has 0 radical (unpaired) electrons. The summed E-state index contributed by atoms with van der Waals surface area (Å²) in [7, 11) is -9.91. The molecule has 0 aliphatic carbocycles. The Labute approximate surface area is 575 Å². The quantitative estimate of drug-likeness (QED) is 0.0222. The molecule has 19 heteroatoms. The molecule has 0 aromatic rings. The highest BCUT2D eigenvalue weighted by molar-refractivity contribution is 7.47. The molecule has 0 heterocycles. The van der Waals surface area contributed by atoms with Crippen molar-refractivity contribution in [3.8, 4) is 0 Å². The zero-order valence-corrected chi connectivity index (χ0v) is 63.4. The van der Waals surface area contributed by atoms with Gasteiger partial charge in [-0.3, -0.25) is 37.3 Å². The van der Waals surface area contributed by atoms with Crippen LogP contribution in [0.5, 0.6) is 0 Å². The smallest absolute Gasteiger partial charge is 0.462 e. The van der Waals surface area contributed by atoms with Gasteiger partial charge in [0.2, 0.25) is 0 Å². The van der Waals surface area contributed by atoms with E-state index in [-0.39, 0.29) is 25.7 Å². The average Bonchev–Trinajstić information content (AvgIpc) is 1.59. The fourth-order valence-electron chi connectivity index (χ4n) is 11.4.